The second kappa shape index (κ2) is 4.37. The van der Waals surface area contributed by atoms with Gasteiger partial charge in [0.15, 0.2) is 0 Å². The van der Waals surface area contributed by atoms with Crippen molar-refractivity contribution in [2.24, 2.45) is 0 Å². The maximum absolute atomic E-state index is 5.38. The fourth-order valence-corrected chi connectivity index (χ4v) is 2.55. The van der Waals surface area contributed by atoms with Crippen molar-refractivity contribution in [3.05, 3.63) is 24.6 Å². The predicted molar refractivity (Wildman–Crippen MR) is 68.1 cm³/mol. The number of furan rings is 1. The third-order valence-electron chi connectivity index (χ3n) is 3.49. The van der Waals surface area contributed by atoms with Crippen LogP contribution in [0.3, 0.4) is 0 Å². The second-order valence-electron chi connectivity index (χ2n) is 4.50. The van der Waals surface area contributed by atoms with Gasteiger partial charge in [0.25, 0.3) is 0 Å². The van der Waals surface area contributed by atoms with Crippen molar-refractivity contribution in [1.82, 2.24) is 10.3 Å². The molecule has 3 heterocycles. The molecule has 1 saturated heterocycles. The lowest BCUT2D eigenvalue weighted by atomic mass is 10.1. The van der Waals surface area contributed by atoms with E-state index in [0.29, 0.717) is 12.1 Å². The fraction of sp³-hybridized carbons (Fsp3) is 0.462. The normalized spacial score (nSPS) is 24.3. The summed E-state index contributed by atoms with van der Waals surface area (Å²) in [6, 6.07) is 4.87. The Kier molecular flexibility index (Phi) is 2.73. The Morgan fingerprint density at radius 2 is 2.47 bits per heavy atom. The molecular weight excluding hydrogens is 214 g/mol. The summed E-state index contributed by atoms with van der Waals surface area (Å²) in [4.78, 5) is 4.41. The molecule has 2 aromatic rings. The minimum Gasteiger partial charge on any atom is -0.464 e. The molecule has 4 nitrogen and oxygen atoms in total. The maximum atomic E-state index is 5.38. The van der Waals surface area contributed by atoms with Crippen LogP contribution in [-0.4, -0.2) is 23.6 Å². The fourth-order valence-electron chi connectivity index (χ4n) is 2.55. The van der Waals surface area contributed by atoms with E-state index in [1.165, 1.54) is 0 Å². The summed E-state index contributed by atoms with van der Waals surface area (Å²) in [6.45, 7) is 3.29. The number of pyridine rings is 1. The van der Waals surface area contributed by atoms with Gasteiger partial charge in [0.1, 0.15) is 11.4 Å². The molecule has 0 bridgehead atoms. The molecule has 0 saturated carbocycles. The second-order valence-corrected chi connectivity index (χ2v) is 4.50. The van der Waals surface area contributed by atoms with Gasteiger partial charge in [0, 0.05) is 18.3 Å². The Morgan fingerprint density at radius 3 is 3.35 bits per heavy atom. The first kappa shape index (κ1) is 10.6. The summed E-state index contributed by atoms with van der Waals surface area (Å²) in [5.74, 6) is 0.934. The third-order valence-corrected chi connectivity index (χ3v) is 3.49. The van der Waals surface area contributed by atoms with E-state index in [1.807, 2.05) is 12.1 Å². The van der Waals surface area contributed by atoms with Gasteiger partial charge in [-0.3, -0.25) is 0 Å². The van der Waals surface area contributed by atoms with Crippen molar-refractivity contribution < 1.29 is 4.42 Å². The van der Waals surface area contributed by atoms with Gasteiger partial charge < -0.3 is 15.1 Å². The highest BCUT2D eigenvalue weighted by Crippen LogP contribution is 2.24. The summed E-state index contributed by atoms with van der Waals surface area (Å²) in [5, 5.41) is 8.11. The quantitative estimate of drug-likeness (QED) is 0.851. The molecule has 1 aliphatic heterocycles. The average Bonchev–Trinajstić information content (AvgIpc) is 2.97. The molecule has 0 aliphatic carbocycles. The lowest BCUT2D eigenvalue weighted by molar-refractivity contribution is 0.548. The van der Waals surface area contributed by atoms with Gasteiger partial charge in [0.05, 0.1) is 11.6 Å². The first-order valence-electron chi connectivity index (χ1n) is 6.20. The largest absolute Gasteiger partial charge is 0.464 e. The van der Waals surface area contributed by atoms with Gasteiger partial charge in [-0.1, -0.05) is 6.92 Å². The molecule has 17 heavy (non-hydrogen) atoms. The average molecular weight is 231 g/mol. The number of nitrogens with one attached hydrogen (secondary N) is 2. The van der Waals surface area contributed by atoms with Gasteiger partial charge in [-0.25, -0.2) is 4.98 Å². The highest BCUT2D eigenvalue weighted by molar-refractivity contribution is 5.87. The van der Waals surface area contributed by atoms with Gasteiger partial charge in [-0.2, -0.15) is 0 Å². The molecular formula is C13H17N3O. The van der Waals surface area contributed by atoms with Crippen LogP contribution in [0, 0.1) is 0 Å². The minimum absolute atomic E-state index is 0.466. The molecule has 0 spiro atoms. The van der Waals surface area contributed by atoms with E-state index >= 15 is 0 Å². The number of anilines is 1. The molecule has 2 atom stereocenters. The Bertz CT molecular complexity index is 508. The number of fused-ring (bicyclic) bond motifs is 1. The topological polar surface area (TPSA) is 50.1 Å². The van der Waals surface area contributed by atoms with Gasteiger partial charge in [0.2, 0.25) is 0 Å². The van der Waals surface area contributed by atoms with E-state index in [4.69, 9.17) is 4.42 Å². The van der Waals surface area contributed by atoms with Crippen LogP contribution in [0.15, 0.2) is 29.0 Å². The van der Waals surface area contributed by atoms with Crippen LogP contribution in [0.4, 0.5) is 5.82 Å². The zero-order valence-electron chi connectivity index (χ0n) is 9.94. The summed E-state index contributed by atoms with van der Waals surface area (Å²) < 4.78 is 5.38. The summed E-state index contributed by atoms with van der Waals surface area (Å²) in [7, 11) is 0. The summed E-state index contributed by atoms with van der Waals surface area (Å²) in [5.41, 5.74) is 0.890. The Morgan fingerprint density at radius 1 is 1.53 bits per heavy atom. The van der Waals surface area contributed by atoms with Crippen LogP contribution in [0.1, 0.15) is 19.8 Å². The summed E-state index contributed by atoms with van der Waals surface area (Å²) in [6.07, 6.45) is 5.78. The number of hydrogen-bond donors (Lipinski definition) is 2. The van der Waals surface area contributed by atoms with E-state index in [0.717, 1.165) is 36.2 Å². The zero-order valence-corrected chi connectivity index (χ0v) is 9.94. The molecule has 2 N–H and O–H groups in total. The van der Waals surface area contributed by atoms with Crippen molar-refractivity contribution in [2.45, 2.75) is 31.8 Å². The Balaban J connectivity index is 1.87. The molecule has 0 radical (unpaired) electrons. The van der Waals surface area contributed by atoms with Gasteiger partial charge in [-0.15, -0.1) is 0 Å². The zero-order chi connectivity index (χ0) is 11.7. The number of nitrogens with zero attached hydrogens (tertiary/aromatic N) is 1. The maximum Gasteiger partial charge on any atom is 0.139 e. The molecule has 90 valence electrons. The molecule has 2 aromatic heterocycles. The van der Waals surface area contributed by atoms with Crippen LogP contribution < -0.4 is 10.6 Å². The standard InChI is InChI=1S/C13H17N3O/c1-2-10-11(3-6-14-10)16-13-9-5-8-17-12(9)4-7-15-13/h4-5,7-8,10-11,14H,2-3,6H2,1H3,(H,15,16)/t10-,11+/m0/s1. The first-order chi connectivity index (χ1) is 8.38. The molecule has 3 rings (SSSR count). The van der Waals surface area contributed by atoms with E-state index in [2.05, 4.69) is 22.5 Å². The lowest BCUT2D eigenvalue weighted by Crippen LogP contribution is -2.34. The van der Waals surface area contributed by atoms with E-state index < -0.39 is 0 Å². The minimum atomic E-state index is 0.466. The predicted octanol–water partition coefficient (Wildman–Crippen LogP) is 2.38. The Hall–Kier alpha value is -1.55. The van der Waals surface area contributed by atoms with Crippen molar-refractivity contribution in [3.63, 3.8) is 0 Å². The third kappa shape index (κ3) is 1.89. The van der Waals surface area contributed by atoms with E-state index in [1.54, 1.807) is 12.5 Å². The van der Waals surface area contributed by atoms with Crippen LogP contribution in [-0.2, 0) is 0 Å². The first-order valence-corrected chi connectivity index (χ1v) is 6.20. The number of hydrogen-bond acceptors (Lipinski definition) is 4. The summed E-state index contributed by atoms with van der Waals surface area (Å²) >= 11 is 0. The number of aromatic nitrogens is 1. The van der Waals surface area contributed by atoms with E-state index in [9.17, 15) is 0 Å². The molecule has 1 aliphatic rings. The number of rotatable bonds is 3. The van der Waals surface area contributed by atoms with Crippen LogP contribution in [0.5, 0.6) is 0 Å². The van der Waals surface area contributed by atoms with Crippen LogP contribution in [0.25, 0.3) is 11.0 Å². The van der Waals surface area contributed by atoms with Gasteiger partial charge in [-0.05, 0) is 31.5 Å². The SMILES string of the molecule is CC[C@@H]1NCC[C@H]1Nc1nccc2occc12. The van der Waals surface area contributed by atoms with Crippen LogP contribution in [0.2, 0.25) is 0 Å². The molecule has 0 unspecified atom stereocenters. The smallest absolute Gasteiger partial charge is 0.139 e. The Labute approximate surface area is 100 Å². The molecule has 4 heteroatoms. The van der Waals surface area contributed by atoms with Crippen molar-refractivity contribution in [3.8, 4) is 0 Å². The molecule has 0 aromatic carbocycles. The molecule has 0 amide bonds. The van der Waals surface area contributed by atoms with Gasteiger partial charge >= 0.3 is 0 Å². The van der Waals surface area contributed by atoms with Crippen molar-refractivity contribution in [1.29, 1.82) is 0 Å². The van der Waals surface area contributed by atoms with Crippen LogP contribution >= 0.6 is 0 Å². The van der Waals surface area contributed by atoms with E-state index in [-0.39, 0.29) is 0 Å². The molecule has 1 fully saturated rings. The highest BCUT2D eigenvalue weighted by Gasteiger charge is 2.25. The van der Waals surface area contributed by atoms with Crippen molar-refractivity contribution >= 4 is 16.8 Å². The van der Waals surface area contributed by atoms with Crippen molar-refractivity contribution in [2.75, 3.05) is 11.9 Å². The monoisotopic (exact) mass is 231 g/mol. The highest BCUT2D eigenvalue weighted by atomic mass is 16.3. The lowest BCUT2D eigenvalue weighted by Gasteiger charge is -2.20.